The molecule has 0 aliphatic heterocycles. The summed E-state index contributed by atoms with van der Waals surface area (Å²) in [5.74, 6) is -4.67. The van der Waals surface area contributed by atoms with Crippen LogP contribution in [-0.2, 0) is 10.2 Å². The van der Waals surface area contributed by atoms with E-state index in [1.165, 1.54) is 7.05 Å². The van der Waals surface area contributed by atoms with E-state index in [1.54, 1.807) is 7.05 Å². The van der Waals surface area contributed by atoms with Gasteiger partial charge < -0.3 is 5.32 Å². The molecule has 5 nitrogen and oxygen atoms in total. The van der Waals surface area contributed by atoms with Crippen molar-refractivity contribution in [3.8, 4) is 0 Å². The first kappa shape index (κ1) is 16.7. The Kier molecular flexibility index (Phi) is 5.78. The zero-order valence-electron chi connectivity index (χ0n) is 11.1. The highest BCUT2D eigenvalue weighted by Gasteiger charge is 2.21. The molecule has 0 aliphatic carbocycles. The van der Waals surface area contributed by atoms with E-state index in [4.69, 9.17) is 0 Å². The predicted molar refractivity (Wildman–Crippen MR) is 70.0 cm³/mol. The summed E-state index contributed by atoms with van der Waals surface area (Å²) < 4.78 is 65.7. The van der Waals surface area contributed by atoms with Gasteiger partial charge in [0.15, 0.2) is 17.5 Å². The van der Waals surface area contributed by atoms with Gasteiger partial charge in [0, 0.05) is 13.6 Å². The molecule has 1 aromatic rings. The average Bonchev–Trinajstić information content (AvgIpc) is 2.39. The van der Waals surface area contributed by atoms with Crippen LogP contribution in [0.5, 0.6) is 0 Å². The van der Waals surface area contributed by atoms with Crippen LogP contribution in [0.4, 0.5) is 18.9 Å². The number of benzene rings is 1. The van der Waals surface area contributed by atoms with Crippen molar-refractivity contribution in [1.82, 2.24) is 9.62 Å². The summed E-state index contributed by atoms with van der Waals surface area (Å²) in [6.07, 6.45) is 0.550. The van der Waals surface area contributed by atoms with Gasteiger partial charge in [-0.1, -0.05) is 0 Å². The zero-order chi connectivity index (χ0) is 15.3. The molecule has 0 radical (unpaired) electrons. The van der Waals surface area contributed by atoms with E-state index in [9.17, 15) is 21.6 Å². The predicted octanol–water partition coefficient (Wildman–Crippen LogP) is 1.30. The van der Waals surface area contributed by atoms with Crippen LogP contribution in [0, 0.1) is 17.5 Å². The fourth-order valence-corrected chi connectivity index (χ4v) is 2.38. The normalized spacial score (nSPS) is 11.9. The van der Waals surface area contributed by atoms with Crippen LogP contribution < -0.4 is 10.0 Å². The Balaban J connectivity index is 2.83. The van der Waals surface area contributed by atoms with Crippen LogP contribution in [0.3, 0.4) is 0 Å². The van der Waals surface area contributed by atoms with Gasteiger partial charge in [-0.15, -0.1) is 0 Å². The molecular weight excluding hydrogens is 295 g/mol. The second-order valence-electron chi connectivity index (χ2n) is 4.11. The number of hydrogen-bond donors (Lipinski definition) is 2. The molecule has 2 N–H and O–H groups in total. The second-order valence-corrected chi connectivity index (χ2v) is 5.89. The molecule has 9 heteroatoms. The Morgan fingerprint density at radius 1 is 1.20 bits per heavy atom. The zero-order valence-corrected chi connectivity index (χ0v) is 11.9. The molecule has 0 aromatic heterocycles. The summed E-state index contributed by atoms with van der Waals surface area (Å²) >= 11 is 0. The Morgan fingerprint density at radius 3 is 2.45 bits per heavy atom. The number of nitrogens with one attached hydrogen (secondary N) is 2. The first-order valence-corrected chi connectivity index (χ1v) is 7.25. The highest BCUT2D eigenvalue weighted by Crippen LogP contribution is 2.21. The molecule has 1 aromatic carbocycles. The molecule has 0 saturated carbocycles. The van der Waals surface area contributed by atoms with Gasteiger partial charge in [-0.3, -0.25) is 4.72 Å². The van der Waals surface area contributed by atoms with Gasteiger partial charge in [-0.25, -0.2) is 13.2 Å². The molecule has 0 amide bonds. The Hall–Kier alpha value is -1.32. The molecule has 0 saturated heterocycles. The van der Waals surface area contributed by atoms with Gasteiger partial charge in [0.1, 0.15) is 0 Å². The Morgan fingerprint density at radius 2 is 1.85 bits per heavy atom. The molecule has 114 valence electrons. The molecule has 0 unspecified atom stereocenters. The summed E-state index contributed by atoms with van der Waals surface area (Å²) in [6.45, 7) is 0.806. The minimum absolute atomic E-state index is 0.196. The van der Waals surface area contributed by atoms with Crippen molar-refractivity contribution in [2.24, 2.45) is 0 Å². The smallest absolute Gasteiger partial charge is 0.301 e. The molecule has 0 spiro atoms. The molecule has 0 heterocycles. The van der Waals surface area contributed by atoms with E-state index in [2.05, 4.69) is 5.32 Å². The van der Waals surface area contributed by atoms with E-state index < -0.39 is 33.3 Å². The van der Waals surface area contributed by atoms with E-state index in [-0.39, 0.29) is 6.54 Å². The van der Waals surface area contributed by atoms with Crippen molar-refractivity contribution in [3.05, 3.63) is 29.6 Å². The fourth-order valence-electron chi connectivity index (χ4n) is 1.42. The third-order valence-corrected chi connectivity index (χ3v) is 4.07. The lowest BCUT2D eigenvalue weighted by Gasteiger charge is -2.18. The van der Waals surface area contributed by atoms with Crippen LogP contribution in [0.1, 0.15) is 6.42 Å². The third-order valence-electron chi connectivity index (χ3n) is 2.58. The number of nitrogens with zero attached hydrogens (tertiary/aromatic N) is 1. The SMILES string of the molecule is CNCCCN(C)S(=O)(=O)Nc1ccc(F)c(F)c1F. The lowest BCUT2D eigenvalue weighted by atomic mass is 10.3. The standard InChI is InChI=1S/C11H16F3N3O2S/c1-15-6-3-7-17(2)20(18,19)16-9-5-4-8(12)10(13)11(9)14/h4-5,15-16H,3,6-7H2,1-2H3. The number of anilines is 1. The van der Waals surface area contributed by atoms with Crippen molar-refractivity contribution >= 4 is 15.9 Å². The minimum atomic E-state index is -4.02. The maximum atomic E-state index is 13.4. The highest BCUT2D eigenvalue weighted by atomic mass is 32.2. The number of hydrogen-bond acceptors (Lipinski definition) is 3. The van der Waals surface area contributed by atoms with Crippen LogP contribution in [-0.4, -0.2) is 39.9 Å². The number of halogens is 3. The first-order valence-electron chi connectivity index (χ1n) is 5.81. The summed E-state index contributed by atoms with van der Waals surface area (Å²) in [7, 11) is -0.992. The van der Waals surface area contributed by atoms with Crippen molar-refractivity contribution in [2.45, 2.75) is 6.42 Å². The monoisotopic (exact) mass is 311 g/mol. The molecule has 1 rings (SSSR count). The van der Waals surface area contributed by atoms with Crippen molar-refractivity contribution in [1.29, 1.82) is 0 Å². The van der Waals surface area contributed by atoms with Gasteiger partial charge in [-0.2, -0.15) is 12.7 Å². The minimum Gasteiger partial charge on any atom is -0.320 e. The largest absolute Gasteiger partial charge is 0.320 e. The van der Waals surface area contributed by atoms with Crippen LogP contribution in [0.2, 0.25) is 0 Å². The lowest BCUT2D eigenvalue weighted by molar-refractivity contribution is 0.447. The van der Waals surface area contributed by atoms with Gasteiger partial charge in [-0.05, 0) is 32.1 Å². The van der Waals surface area contributed by atoms with Crippen molar-refractivity contribution < 1.29 is 21.6 Å². The maximum absolute atomic E-state index is 13.4. The second kappa shape index (κ2) is 6.91. The van der Waals surface area contributed by atoms with E-state index in [0.717, 1.165) is 10.4 Å². The van der Waals surface area contributed by atoms with Crippen LogP contribution >= 0.6 is 0 Å². The molecule has 0 fully saturated rings. The van der Waals surface area contributed by atoms with Gasteiger partial charge in [0.25, 0.3) is 0 Å². The molecule has 0 bridgehead atoms. The number of rotatable bonds is 7. The molecular formula is C11H16F3N3O2S. The van der Waals surface area contributed by atoms with E-state index in [0.29, 0.717) is 19.0 Å². The fraction of sp³-hybridized carbons (Fsp3) is 0.455. The van der Waals surface area contributed by atoms with E-state index >= 15 is 0 Å². The lowest BCUT2D eigenvalue weighted by Crippen LogP contribution is -2.34. The Labute approximate surface area is 116 Å². The van der Waals surface area contributed by atoms with Gasteiger partial charge >= 0.3 is 10.2 Å². The summed E-state index contributed by atoms with van der Waals surface area (Å²) in [4.78, 5) is 0. The van der Waals surface area contributed by atoms with Gasteiger partial charge in [0.2, 0.25) is 0 Å². The highest BCUT2D eigenvalue weighted by molar-refractivity contribution is 7.90. The van der Waals surface area contributed by atoms with E-state index in [1.807, 2.05) is 4.72 Å². The third kappa shape index (κ3) is 4.09. The van der Waals surface area contributed by atoms with Crippen LogP contribution in [0.15, 0.2) is 12.1 Å². The molecule has 0 atom stereocenters. The van der Waals surface area contributed by atoms with Crippen molar-refractivity contribution in [2.75, 3.05) is 31.9 Å². The summed E-state index contributed by atoms with van der Waals surface area (Å²) in [6, 6.07) is 1.48. The summed E-state index contributed by atoms with van der Waals surface area (Å²) in [5, 5.41) is 2.85. The van der Waals surface area contributed by atoms with Crippen molar-refractivity contribution in [3.63, 3.8) is 0 Å². The topological polar surface area (TPSA) is 61.4 Å². The van der Waals surface area contributed by atoms with Gasteiger partial charge in [0.05, 0.1) is 5.69 Å². The maximum Gasteiger partial charge on any atom is 0.301 e. The first-order chi connectivity index (χ1) is 9.29. The molecule has 20 heavy (non-hydrogen) atoms. The Bertz CT molecular complexity index is 566. The van der Waals surface area contributed by atoms with Crippen LogP contribution in [0.25, 0.3) is 0 Å². The summed E-state index contributed by atoms with van der Waals surface area (Å²) in [5.41, 5.74) is -0.635. The molecule has 0 aliphatic rings. The quantitative estimate of drug-likeness (QED) is 0.589. The average molecular weight is 311 g/mol.